The second kappa shape index (κ2) is 7.81. The zero-order chi connectivity index (χ0) is 10.2. The second-order valence-corrected chi connectivity index (χ2v) is 4.35. The van der Waals surface area contributed by atoms with E-state index in [-0.39, 0.29) is 0 Å². The first-order valence-electron chi connectivity index (χ1n) is 5.29. The fourth-order valence-electron chi connectivity index (χ4n) is 1.61. The summed E-state index contributed by atoms with van der Waals surface area (Å²) in [4.78, 5) is 0. The highest BCUT2D eigenvalue weighted by Gasteiger charge is 2.23. The van der Waals surface area contributed by atoms with E-state index in [1.165, 1.54) is 32.1 Å². The standard InChI is InChI=1S/C11H23BrO/c1-4-11(5-2,10-12)8-6-7-9-13-3/h4-10H2,1-3H3. The highest BCUT2D eigenvalue weighted by molar-refractivity contribution is 9.09. The van der Waals surface area contributed by atoms with Crippen molar-refractivity contribution >= 4 is 15.9 Å². The van der Waals surface area contributed by atoms with Gasteiger partial charge in [-0.2, -0.15) is 0 Å². The van der Waals surface area contributed by atoms with Gasteiger partial charge >= 0.3 is 0 Å². The number of unbranched alkanes of at least 4 members (excludes halogenated alkanes) is 1. The molecule has 0 fully saturated rings. The molecule has 0 atom stereocenters. The SMILES string of the molecule is CCC(CC)(CBr)CCCCOC. The molecule has 0 aliphatic rings. The predicted octanol–water partition coefficient (Wildman–Crippen LogP) is 4.00. The Kier molecular flexibility index (Phi) is 8.07. The van der Waals surface area contributed by atoms with Crippen LogP contribution in [0.2, 0.25) is 0 Å². The zero-order valence-electron chi connectivity index (χ0n) is 9.24. The molecular weight excluding hydrogens is 228 g/mol. The summed E-state index contributed by atoms with van der Waals surface area (Å²) in [5, 5.41) is 1.14. The quantitative estimate of drug-likeness (QED) is 0.468. The molecule has 0 spiro atoms. The van der Waals surface area contributed by atoms with E-state index in [0.29, 0.717) is 5.41 Å². The Balaban J connectivity index is 3.68. The predicted molar refractivity (Wildman–Crippen MR) is 62.5 cm³/mol. The zero-order valence-corrected chi connectivity index (χ0v) is 10.8. The van der Waals surface area contributed by atoms with E-state index >= 15 is 0 Å². The average Bonchev–Trinajstić information content (AvgIpc) is 2.20. The molecule has 13 heavy (non-hydrogen) atoms. The van der Waals surface area contributed by atoms with Crippen molar-refractivity contribution in [2.75, 3.05) is 19.0 Å². The minimum absolute atomic E-state index is 0.535. The van der Waals surface area contributed by atoms with Gasteiger partial charge in [-0.25, -0.2) is 0 Å². The maximum Gasteiger partial charge on any atom is 0.0462 e. The summed E-state index contributed by atoms with van der Waals surface area (Å²) in [6.07, 6.45) is 6.38. The summed E-state index contributed by atoms with van der Waals surface area (Å²) in [6, 6.07) is 0. The van der Waals surface area contributed by atoms with Crippen molar-refractivity contribution in [2.24, 2.45) is 5.41 Å². The molecule has 0 saturated carbocycles. The number of alkyl halides is 1. The highest BCUT2D eigenvalue weighted by Crippen LogP contribution is 2.34. The van der Waals surface area contributed by atoms with Gasteiger partial charge in [0.15, 0.2) is 0 Å². The maximum atomic E-state index is 5.05. The number of ether oxygens (including phenoxy) is 1. The average molecular weight is 251 g/mol. The minimum Gasteiger partial charge on any atom is -0.385 e. The van der Waals surface area contributed by atoms with E-state index < -0.39 is 0 Å². The van der Waals surface area contributed by atoms with Crippen molar-refractivity contribution in [1.82, 2.24) is 0 Å². The summed E-state index contributed by atoms with van der Waals surface area (Å²) in [5.74, 6) is 0. The van der Waals surface area contributed by atoms with Crippen LogP contribution in [0.1, 0.15) is 46.0 Å². The fourth-order valence-corrected chi connectivity index (χ4v) is 2.68. The van der Waals surface area contributed by atoms with Crippen molar-refractivity contribution in [1.29, 1.82) is 0 Å². The molecule has 0 aromatic heterocycles. The third-order valence-corrected chi connectivity index (χ3v) is 4.28. The third-order valence-electron chi connectivity index (χ3n) is 3.09. The highest BCUT2D eigenvalue weighted by atomic mass is 79.9. The van der Waals surface area contributed by atoms with Crippen molar-refractivity contribution in [2.45, 2.75) is 46.0 Å². The Morgan fingerprint density at radius 2 is 1.77 bits per heavy atom. The molecule has 0 aliphatic heterocycles. The van der Waals surface area contributed by atoms with Crippen molar-refractivity contribution in [3.8, 4) is 0 Å². The number of methoxy groups -OCH3 is 1. The van der Waals surface area contributed by atoms with E-state index in [1.807, 2.05) is 0 Å². The molecule has 0 N–H and O–H groups in total. The molecule has 0 radical (unpaired) electrons. The van der Waals surface area contributed by atoms with Gasteiger partial charge in [0, 0.05) is 19.0 Å². The Morgan fingerprint density at radius 1 is 1.15 bits per heavy atom. The first-order valence-corrected chi connectivity index (χ1v) is 6.41. The van der Waals surface area contributed by atoms with Gasteiger partial charge in [-0.3, -0.25) is 0 Å². The molecule has 0 amide bonds. The van der Waals surface area contributed by atoms with E-state index in [4.69, 9.17) is 4.74 Å². The van der Waals surface area contributed by atoms with Crippen LogP contribution in [0.3, 0.4) is 0 Å². The molecular formula is C11H23BrO. The van der Waals surface area contributed by atoms with Gasteiger partial charge in [0.05, 0.1) is 0 Å². The number of halogens is 1. The smallest absolute Gasteiger partial charge is 0.0462 e. The number of hydrogen-bond acceptors (Lipinski definition) is 1. The first kappa shape index (κ1) is 13.4. The van der Waals surface area contributed by atoms with Gasteiger partial charge in [0.1, 0.15) is 0 Å². The lowest BCUT2D eigenvalue weighted by Gasteiger charge is -2.29. The minimum atomic E-state index is 0.535. The summed E-state index contributed by atoms with van der Waals surface area (Å²) < 4.78 is 5.05. The summed E-state index contributed by atoms with van der Waals surface area (Å²) in [7, 11) is 1.78. The normalized spacial score (nSPS) is 12.0. The van der Waals surface area contributed by atoms with Crippen molar-refractivity contribution in [3.63, 3.8) is 0 Å². The van der Waals surface area contributed by atoms with Gasteiger partial charge in [0.2, 0.25) is 0 Å². The molecule has 0 aliphatic carbocycles. The molecule has 0 unspecified atom stereocenters. The van der Waals surface area contributed by atoms with Crippen LogP contribution < -0.4 is 0 Å². The molecule has 0 aromatic carbocycles. The van der Waals surface area contributed by atoms with E-state index in [2.05, 4.69) is 29.8 Å². The number of hydrogen-bond donors (Lipinski definition) is 0. The number of rotatable bonds is 8. The van der Waals surface area contributed by atoms with E-state index in [0.717, 1.165) is 11.9 Å². The summed E-state index contributed by atoms with van der Waals surface area (Å²) >= 11 is 3.63. The Morgan fingerprint density at radius 3 is 2.15 bits per heavy atom. The second-order valence-electron chi connectivity index (χ2n) is 3.79. The monoisotopic (exact) mass is 250 g/mol. The van der Waals surface area contributed by atoms with Gasteiger partial charge < -0.3 is 4.74 Å². The van der Waals surface area contributed by atoms with Crippen LogP contribution in [0.4, 0.5) is 0 Å². The topological polar surface area (TPSA) is 9.23 Å². The molecule has 0 aromatic rings. The third kappa shape index (κ3) is 5.02. The molecule has 2 heteroatoms. The van der Waals surface area contributed by atoms with Crippen LogP contribution in [0.25, 0.3) is 0 Å². The molecule has 1 nitrogen and oxygen atoms in total. The van der Waals surface area contributed by atoms with Crippen LogP contribution in [0.5, 0.6) is 0 Å². The van der Waals surface area contributed by atoms with Gasteiger partial charge in [0.25, 0.3) is 0 Å². The van der Waals surface area contributed by atoms with Crippen LogP contribution in [0, 0.1) is 5.41 Å². The molecule has 0 saturated heterocycles. The molecule has 0 heterocycles. The van der Waals surface area contributed by atoms with Crippen molar-refractivity contribution in [3.05, 3.63) is 0 Å². The van der Waals surface area contributed by atoms with E-state index in [1.54, 1.807) is 7.11 Å². The summed E-state index contributed by atoms with van der Waals surface area (Å²) in [6.45, 7) is 5.49. The molecule has 0 rings (SSSR count). The molecule has 80 valence electrons. The lowest BCUT2D eigenvalue weighted by molar-refractivity contribution is 0.182. The van der Waals surface area contributed by atoms with Crippen LogP contribution in [-0.4, -0.2) is 19.0 Å². The lowest BCUT2D eigenvalue weighted by atomic mass is 9.80. The Bertz CT molecular complexity index is 102. The summed E-state index contributed by atoms with van der Waals surface area (Å²) in [5.41, 5.74) is 0.535. The van der Waals surface area contributed by atoms with Crippen LogP contribution in [-0.2, 0) is 4.74 Å². The Labute approximate surface area is 91.4 Å². The van der Waals surface area contributed by atoms with Crippen LogP contribution >= 0.6 is 15.9 Å². The Hall–Kier alpha value is 0.440. The molecule has 0 bridgehead atoms. The maximum absolute atomic E-state index is 5.05. The first-order chi connectivity index (χ1) is 6.24. The lowest BCUT2D eigenvalue weighted by Crippen LogP contribution is -2.20. The van der Waals surface area contributed by atoms with Gasteiger partial charge in [-0.05, 0) is 31.1 Å². The van der Waals surface area contributed by atoms with Crippen molar-refractivity contribution < 1.29 is 4.74 Å². The largest absolute Gasteiger partial charge is 0.385 e. The van der Waals surface area contributed by atoms with E-state index in [9.17, 15) is 0 Å². The van der Waals surface area contributed by atoms with Gasteiger partial charge in [-0.1, -0.05) is 36.2 Å². The van der Waals surface area contributed by atoms with Gasteiger partial charge in [-0.15, -0.1) is 0 Å². The fraction of sp³-hybridized carbons (Fsp3) is 1.00. The van der Waals surface area contributed by atoms with Crippen LogP contribution in [0.15, 0.2) is 0 Å².